The van der Waals surface area contributed by atoms with Gasteiger partial charge >= 0.3 is 0 Å². The lowest BCUT2D eigenvalue weighted by Crippen LogP contribution is -2.22. The Balaban J connectivity index is 2.61. The summed E-state index contributed by atoms with van der Waals surface area (Å²) in [6, 6.07) is 6.79. The maximum absolute atomic E-state index is 11.8. The largest absolute Gasteiger partial charge is 0.396 e. The lowest BCUT2D eigenvalue weighted by molar-refractivity contribution is 0.803. The fraction of sp³-hybridized carbons (Fsp3) is 0. The van der Waals surface area contributed by atoms with Gasteiger partial charge in [0.1, 0.15) is 4.47 Å². The topological polar surface area (TPSA) is 60.9 Å². The lowest BCUT2D eigenvalue weighted by atomic mass is 10.3. The molecule has 82 valence electrons. The van der Waals surface area contributed by atoms with Crippen LogP contribution in [0.4, 0.5) is 5.69 Å². The lowest BCUT2D eigenvalue weighted by Gasteiger charge is -2.05. The van der Waals surface area contributed by atoms with Gasteiger partial charge in [-0.2, -0.15) is 9.78 Å². The number of halogens is 2. The van der Waals surface area contributed by atoms with E-state index < -0.39 is 0 Å². The van der Waals surface area contributed by atoms with Crippen molar-refractivity contribution in [1.82, 2.24) is 9.78 Å². The maximum Gasteiger partial charge on any atom is 0.287 e. The molecule has 1 aromatic carbocycles. The second-order valence-electron chi connectivity index (χ2n) is 3.11. The third-order valence-electron chi connectivity index (χ3n) is 2.02. The first-order valence-electron chi connectivity index (χ1n) is 4.39. The standard InChI is InChI=1S/C10H7BrClN3O/c11-9-8(13)5-14-15(10(9)16)7-3-1-6(12)2-4-7/h1-5H,13H2. The first kappa shape index (κ1) is 11.2. The molecule has 4 nitrogen and oxygen atoms in total. The molecule has 6 heteroatoms. The molecule has 2 aromatic rings. The van der Waals surface area contributed by atoms with E-state index in [2.05, 4.69) is 21.0 Å². The molecule has 0 saturated heterocycles. The van der Waals surface area contributed by atoms with Crippen molar-refractivity contribution in [2.24, 2.45) is 0 Å². The Kier molecular flexibility index (Phi) is 2.98. The van der Waals surface area contributed by atoms with E-state index in [1.54, 1.807) is 24.3 Å². The zero-order valence-electron chi connectivity index (χ0n) is 8.02. The van der Waals surface area contributed by atoms with Crippen molar-refractivity contribution >= 4 is 33.2 Å². The van der Waals surface area contributed by atoms with Crippen LogP contribution in [0, 0.1) is 0 Å². The molecule has 0 aliphatic carbocycles. The summed E-state index contributed by atoms with van der Waals surface area (Å²) in [6.45, 7) is 0. The van der Waals surface area contributed by atoms with Crippen LogP contribution < -0.4 is 11.3 Å². The fourth-order valence-electron chi connectivity index (χ4n) is 1.21. The highest BCUT2D eigenvalue weighted by molar-refractivity contribution is 9.10. The SMILES string of the molecule is Nc1cnn(-c2ccc(Cl)cc2)c(=O)c1Br. The van der Waals surface area contributed by atoms with E-state index >= 15 is 0 Å². The summed E-state index contributed by atoms with van der Waals surface area (Å²) >= 11 is 8.88. The van der Waals surface area contributed by atoms with Crippen LogP contribution in [0.15, 0.2) is 39.7 Å². The summed E-state index contributed by atoms with van der Waals surface area (Å²) in [5.41, 5.74) is 6.19. The Bertz CT molecular complexity index is 580. The summed E-state index contributed by atoms with van der Waals surface area (Å²) in [4.78, 5) is 11.8. The Hall–Kier alpha value is -1.33. The van der Waals surface area contributed by atoms with Crippen LogP contribution in [0.1, 0.15) is 0 Å². The van der Waals surface area contributed by atoms with E-state index in [-0.39, 0.29) is 5.56 Å². The fourth-order valence-corrected chi connectivity index (χ4v) is 1.61. The highest BCUT2D eigenvalue weighted by Gasteiger charge is 2.07. The Morgan fingerprint density at radius 3 is 2.56 bits per heavy atom. The normalized spacial score (nSPS) is 10.4. The van der Waals surface area contributed by atoms with Gasteiger partial charge < -0.3 is 5.73 Å². The zero-order valence-corrected chi connectivity index (χ0v) is 10.4. The van der Waals surface area contributed by atoms with E-state index in [9.17, 15) is 4.79 Å². The van der Waals surface area contributed by atoms with Gasteiger partial charge in [0.25, 0.3) is 5.56 Å². The molecular weight excluding hydrogens is 293 g/mol. The zero-order chi connectivity index (χ0) is 11.7. The van der Waals surface area contributed by atoms with Crippen LogP contribution in [-0.4, -0.2) is 9.78 Å². The molecular formula is C10H7BrClN3O. The van der Waals surface area contributed by atoms with Crippen LogP contribution in [0.2, 0.25) is 5.02 Å². The van der Waals surface area contributed by atoms with Gasteiger partial charge in [-0.3, -0.25) is 4.79 Å². The molecule has 2 rings (SSSR count). The van der Waals surface area contributed by atoms with E-state index in [0.29, 0.717) is 20.9 Å². The average molecular weight is 301 g/mol. The highest BCUT2D eigenvalue weighted by atomic mass is 79.9. The quantitative estimate of drug-likeness (QED) is 0.878. The third-order valence-corrected chi connectivity index (χ3v) is 3.07. The van der Waals surface area contributed by atoms with Crippen molar-refractivity contribution in [2.45, 2.75) is 0 Å². The molecule has 0 atom stereocenters. The Morgan fingerprint density at radius 2 is 1.94 bits per heavy atom. The molecule has 1 heterocycles. The number of hydrogen-bond acceptors (Lipinski definition) is 3. The second kappa shape index (κ2) is 4.27. The van der Waals surface area contributed by atoms with Crippen LogP contribution >= 0.6 is 27.5 Å². The average Bonchev–Trinajstić information content (AvgIpc) is 2.28. The molecule has 0 spiro atoms. The van der Waals surface area contributed by atoms with E-state index in [1.807, 2.05) is 0 Å². The number of hydrogen-bond donors (Lipinski definition) is 1. The van der Waals surface area contributed by atoms with Crippen molar-refractivity contribution in [3.05, 3.63) is 50.3 Å². The van der Waals surface area contributed by atoms with Gasteiger partial charge in [-0.15, -0.1) is 0 Å². The minimum atomic E-state index is -0.303. The van der Waals surface area contributed by atoms with Crippen molar-refractivity contribution < 1.29 is 0 Å². The predicted molar refractivity (Wildman–Crippen MR) is 67.0 cm³/mol. The first-order chi connectivity index (χ1) is 7.59. The Labute approximate surface area is 105 Å². The first-order valence-corrected chi connectivity index (χ1v) is 5.56. The van der Waals surface area contributed by atoms with Crippen molar-refractivity contribution in [1.29, 1.82) is 0 Å². The highest BCUT2D eigenvalue weighted by Crippen LogP contribution is 2.15. The van der Waals surface area contributed by atoms with Crippen molar-refractivity contribution in [3.63, 3.8) is 0 Å². The number of anilines is 1. The van der Waals surface area contributed by atoms with Crippen LogP contribution in [0.25, 0.3) is 5.69 Å². The molecule has 0 unspecified atom stereocenters. The summed E-state index contributed by atoms with van der Waals surface area (Å²) in [6.07, 6.45) is 1.42. The van der Waals surface area contributed by atoms with Gasteiger partial charge in [-0.1, -0.05) is 11.6 Å². The molecule has 0 radical (unpaired) electrons. The molecule has 0 aliphatic heterocycles. The van der Waals surface area contributed by atoms with Crippen molar-refractivity contribution in [3.8, 4) is 5.69 Å². The number of nitrogens with zero attached hydrogens (tertiary/aromatic N) is 2. The predicted octanol–water partition coefficient (Wildman–Crippen LogP) is 2.23. The van der Waals surface area contributed by atoms with Gasteiger partial charge in [0.2, 0.25) is 0 Å². The smallest absolute Gasteiger partial charge is 0.287 e. The minimum Gasteiger partial charge on any atom is -0.396 e. The second-order valence-corrected chi connectivity index (χ2v) is 4.34. The van der Waals surface area contributed by atoms with Gasteiger partial charge in [-0.05, 0) is 40.2 Å². The molecule has 0 bridgehead atoms. The van der Waals surface area contributed by atoms with E-state index in [4.69, 9.17) is 17.3 Å². The summed E-state index contributed by atoms with van der Waals surface area (Å²) in [5.74, 6) is 0. The molecule has 0 fully saturated rings. The Morgan fingerprint density at radius 1 is 1.31 bits per heavy atom. The molecule has 0 amide bonds. The number of nitrogens with two attached hydrogens (primary N) is 1. The van der Waals surface area contributed by atoms with Gasteiger partial charge in [0.15, 0.2) is 0 Å². The number of nitrogen functional groups attached to an aromatic ring is 1. The molecule has 2 N–H and O–H groups in total. The summed E-state index contributed by atoms with van der Waals surface area (Å²) in [5, 5.41) is 4.55. The molecule has 0 aliphatic rings. The van der Waals surface area contributed by atoms with Crippen LogP contribution in [0.3, 0.4) is 0 Å². The third kappa shape index (κ3) is 1.96. The van der Waals surface area contributed by atoms with Gasteiger partial charge in [0, 0.05) is 5.02 Å². The molecule has 16 heavy (non-hydrogen) atoms. The maximum atomic E-state index is 11.8. The van der Waals surface area contributed by atoms with Crippen molar-refractivity contribution in [2.75, 3.05) is 5.73 Å². The summed E-state index contributed by atoms with van der Waals surface area (Å²) < 4.78 is 1.55. The van der Waals surface area contributed by atoms with Gasteiger partial charge in [0.05, 0.1) is 17.6 Å². The van der Waals surface area contributed by atoms with E-state index in [0.717, 1.165) is 0 Å². The van der Waals surface area contributed by atoms with Crippen LogP contribution in [0.5, 0.6) is 0 Å². The number of aromatic nitrogens is 2. The monoisotopic (exact) mass is 299 g/mol. The van der Waals surface area contributed by atoms with E-state index in [1.165, 1.54) is 10.9 Å². The molecule has 1 aromatic heterocycles. The summed E-state index contributed by atoms with van der Waals surface area (Å²) in [7, 11) is 0. The minimum absolute atomic E-state index is 0.303. The number of benzene rings is 1. The molecule has 0 saturated carbocycles. The van der Waals surface area contributed by atoms with Gasteiger partial charge in [-0.25, -0.2) is 0 Å². The number of rotatable bonds is 1. The van der Waals surface area contributed by atoms with Crippen LogP contribution in [-0.2, 0) is 0 Å².